The lowest BCUT2D eigenvalue weighted by Crippen LogP contribution is -2.12. The van der Waals surface area contributed by atoms with E-state index in [9.17, 15) is 9.18 Å². The topological polar surface area (TPSA) is 64.4 Å². The van der Waals surface area contributed by atoms with Crippen molar-refractivity contribution in [2.75, 3.05) is 11.1 Å². The van der Waals surface area contributed by atoms with E-state index in [1.807, 2.05) is 30.3 Å². The molecule has 0 aliphatic heterocycles. The zero-order chi connectivity index (χ0) is 17.6. The van der Waals surface area contributed by atoms with Gasteiger partial charge >= 0.3 is 0 Å². The van der Waals surface area contributed by atoms with Crippen LogP contribution < -0.4 is 15.8 Å². The fourth-order valence-electron chi connectivity index (χ4n) is 2.26. The van der Waals surface area contributed by atoms with E-state index in [4.69, 9.17) is 10.5 Å². The third-order valence-electron chi connectivity index (χ3n) is 3.62. The molecule has 0 saturated carbocycles. The highest BCUT2D eigenvalue weighted by molar-refractivity contribution is 6.04. The summed E-state index contributed by atoms with van der Waals surface area (Å²) in [6.45, 7) is 0.474. The lowest BCUT2D eigenvalue weighted by atomic mass is 10.1. The minimum atomic E-state index is -0.545. The highest BCUT2D eigenvalue weighted by atomic mass is 19.1. The molecule has 1 amide bonds. The zero-order valence-electron chi connectivity index (χ0n) is 13.4. The van der Waals surface area contributed by atoms with Crippen molar-refractivity contribution in [3.05, 3.63) is 89.7 Å². The first-order valence-corrected chi connectivity index (χ1v) is 7.75. The molecule has 0 atom stereocenters. The number of nitrogens with two attached hydrogens (primary N) is 1. The molecule has 25 heavy (non-hydrogen) atoms. The van der Waals surface area contributed by atoms with E-state index in [0.29, 0.717) is 23.6 Å². The van der Waals surface area contributed by atoms with Crippen LogP contribution in [0.2, 0.25) is 0 Å². The van der Waals surface area contributed by atoms with Crippen LogP contribution in [0.25, 0.3) is 0 Å². The molecule has 0 fully saturated rings. The van der Waals surface area contributed by atoms with Crippen LogP contribution in [-0.2, 0) is 6.61 Å². The molecule has 3 aromatic rings. The summed E-state index contributed by atoms with van der Waals surface area (Å²) in [5, 5.41) is 2.73. The number of ether oxygens (including phenoxy) is 1. The number of hydrogen-bond donors (Lipinski definition) is 2. The highest BCUT2D eigenvalue weighted by Crippen LogP contribution is 2.19. The van der Waals surface area contributed by atoms with Crippen LogP contribution in [0.5, 0.6) is 5.75 Å². The molecule has 3 aromatic carbocycles. The second-order valence-corrected chi connectivity index (χ2v) is 5.49. The first kappa shape index (κ1) is 16.5. The van der Waals surface area contributed by atoms with Gasteiger partial charge in [-0.15, -0.1) is 0 Å². The van der Waals surface area contributed by atoms with Gasteiger partial charge in [0.15, 0.2) is 0 Å². The minimum Gasteiger partial charge on any atom is -0.489 e. The van der Waals surface area contributed by atoms with E-state index in [1.54, 1.807) is 24.3 Å². The summed E-state index contributed by atoms with van der Waals surface area (Å²) in [6.07, 6.45) is 0. The number of halogens is 1. The second-order valence-electron chi connectivity index (χ2n) is 5.49. The summed E-state index contributed by atoms with van der Waals surface area (Å²) < 4.78 is 18.9. The number of amides is 1. The Bertz CT molecular complexity index is 865. The van der Waals surface area contributed by atoms with E-state index >= 15 is 0 Å². The Morgan fingerprint density at radius 2 is 1.72 bits per heavy atom. The van der Waals surface area contributed by atoms with E-state index in [-0.39, 0.29) is 11.6 Å². The normalized spacial score (nSPS) is 10.3. The number of anilines is 2. The van der Waals surface area contributed by atoms with E-state index in [0.717, 1.165) is 5.56 Å². The van der Waals surface area contributed by atoms with Crippen molar-refractivity contribution in [2.45, 2.75) is 6.61 Å². The van der Waals surface area contributed by atoms with Gasteiger partial charge in [0.2, 0.25) is 0 Å². The van der Waals surface area contributed by atoms with Gasteiger partial charge in [-0.3, -0.25) is 4.79 Å². The van der Waals surface area contributed by atoms with Crippen LogP contribution in [0.4, 0.5) is 15.8 Å². The van der Waals surface area contributed by atoms with Gasteiger partial charge in [0.25, 0.3) is 5.91 Å². The number of nitrogens with one attached hydrogen (secondary N) is 1. The summed E-state index contributed by atoms with van der Waals surface area (Å²) in [4.78, 5) is 12.2. The second kappa shape index (κ2) is 7.49. The molecule has 3 N–H and O–H groups in total. The Hall–Kier alpha value is -3.34. The molecule has 0 radical (unpaired) electrons. The zero-order valence-corrected chi connectivity index (χ0v) is 13.4. The van der Waals surface area contributed by atoms with Crippen LogP contribution in [0, 0.1) is 5.82 Å². The molecular weight excluding hydrogens is 319 g/mol. The summed E-state index contributed by atoms with van der Waals surface area (Å²) in [7, 11) is 0. The van der Waals surface area contributed by atoms with Gasteiger partial charge in [-0.25, -0.2) is 4.39 Å². The molecule has 4 nitrogen and oxygen atoms in total. The van der Waals surface area contributed by atoms with Gasteiger partial charge in [-0.1, -0.05) is 30.3 Å². The number of carbonyl (C=O) groups is 1. The maximum Gasteiger partial charge on any atom is 0.255 e. The van der Waals surface area contributed by atoms with Crippen LogP contribution in [0.15, 0.2) is 72.8 Å². The molecule has 0 aromatic heterocycles. The van der Waals surface area contributed by atoms with Gasteiger partial charge < -0.3 is 15.8 Å². The third-order valence-corrected chi connectivity index (χ3v) is 3.62. The van der Waals surface area contributed by atoms with Crippen LogP contribution >= 0.6 is 0 Å². The van der Waals surface area contributed by atoms with E-state index < -0.39 is 5.82 Å². The first-order valence-electron chi connectivity index (χ1n) is 7.75. The molecule has 0 saturated heterocycles. The van der Waals surface area contributed by atoms with E-state index in [2.05, 4.69) is 5.32 Å². The van der Waals surface area contributed by atoms with Crippen LogP contribution in [0.1, 0.15) is 15.9 Å². The maximum absolute atomic E-state index is 13.2. The predicted octanol–water partition coefficient (Wildman–Crippen LogP) is 4.24. The van der Waals surface area contributed by atoms with E-state index in [1.165, 1.54) is 18.2 Å². The van der Waals surface area contributed by atoms with Gasteiger partial charge in [0.1, 0.15) is 18.2 Å². The van der Waals surface area contributed by atoms with Gasteiger partial charge in [-0.05, 0) is 48.0 Å². The fraction of sp³-hybridized carbons (Fsp3) is 0.0500. The molecule has 0 heterocycles. The van der Waals surface area contributed by atoms with Crippen molar-refractivity contribution < 1.29 is 13.9 Å². The molecule has 0 aliphatic rings. The minimum absolute atomic E-state index is 0.0580. The Kier molecular flexibility index (Phi) is 4.95. The molecule has 0 bridgehead atoms. The average Bonchev–Trinajstić information content (AvgIpc) is 2.64. The number of hydrogen-bond acceptors (Lipinski definition) is 3. The Morgan fingerprint density at radius 1 is 1.00 bits per heavy atom. The summed E-state index contributed by atoms with van der Waals surface area (Å²) in [6, 6.07) is 20.7. The smallest absolute Gasteiger partial charge is 0.255 e. The molecule has 5 heteroatoms. The Balaban J connectivity index is 1.60. The van der Waals surface area contributed by atoms with Gasteiger partial charge in [0.05, 0.1) is 5.69 Å². The van der Waals surface area contributed by atoms with Crippen molar-refractivity contribution in [1.82, 2.24) is 0 Å². The number of rotatable bonds is 5. The summed E-state index contributed by atoms with van der Waals surface area (Å²) >= 11 is 0. The Morgan fingerprint density at radius 3 is 2.40 bits per heavy atom. The van der Waals surface area contributed by atoms with Crippen molar-refractivity contribution in [3.63, 3.8) is 0 Å². The molecule has 0 spiro atoms. The van der Waals surface area contributed by atoms with Gasteiger partial charge in [-0.2, -0.15) is 0 Å². The first-order chi connectivity index (χ1) is 12.1. The lowest BCUT2D eigenvalue weighted by molar-refractivity contribution is 0.102. The average molecular weight is 336 g/mol. The molecular formula is C20H17FN2O2. The standard InChI is InChI=1S/C20H17FN2O2/c21-18-11-6-15(12-19(18)22)20(24)23-16-7-9-17(10-8-16)25-13-14-4-2-1-3-5-14/h1-12H,13,22H2,(H,23,24). The van der Waals surface area contributed by atoms with Gasteiger partial charge in [0, 0.05) is 11.3 Å². The third kappa shape index (κ3) is 4.35. The Labute approximate surface area is 145 Å². The maximum atomic E-state index is 13.2. The number of benzene rings is 3. The molecule has 126 valence electrons. The van der Waals surface area contributed by atoms with Crippen molar-refractivity contribution in [3.8, 4) is 5.75 Å². The number of nitrogen functional groups attached to an aromatic ring is 1. The summed E-state index contributed by atoms with van der Waals surface area (Å²) in [5.74, 6) is -0.200. The van der Waals surface area contributed by atoms with Crippen LogP contribution in [0.3, 0.4) is 0 Å². The largest absolute Gasteiger partial charge is 0.489 e. The molecule has 3 rings (SSSR count). The SMILES string of the molecule is Nc1cc(C(=O)Nc2ccc(OCc3ccccc3)cc2)ccc1F. The quantitative estimate of drug-likeness (QED) is 0.685. The molecule has 0 aliphatic carbocycles. The monoisotopic (exact) mass is 336 g/mol. The van der Waals surface area contributed by atoms with Crippen molar-refractivity contribution in [2.24, 2.45) is 0 Å². The predicted molar refractivity (Wildman–Crippen MR) is 96.0 cm³/mol. The lowest BCUT2D eigenvalue weighted by Gasteiger charge is -2.09. The number of carbonyl (C=O) groups excluding carboxylic acids is 1. The summed E-state index contributed by atoms with van der Waals surface area (Å²) in [5.41, 5.74) is 7.41. The fourth-order valence-corrected chi connectivity index (χ4v) is 2.26. The van der Waals surface area contributed by atoms with Crippen LogP contribution in [-0.4, -0.2) is 5.91 Å². The molecule has 0 unspecified atom stereocenters. The van der Waals surface area contributed by atoms with Crippen molar-refractivity contribution in [1.29, 1.82) is 0 Å². The highest BCUT2D eigenvalue weighted by Gasteiger charge is 2.08. The van der Waals surface area contributed by atoms with Crippen molar-refractivity contribution >= 4 is 17.3 Å².